The van der Waals surface area contributed by atoms with Gasteiger partial charge in [-0.15, -0.1) is 11.8 Å². The van der Waals surface area contributed by atoms with Gasteiger partial charge >= 0.3 is 6.18 Å². The van der Waals surface area contributed by atoms with Gasteiger partial charge in [0.25, 0.3) is 11.8 Å². The minimum atomic E-state index is -4.45. The highest BCUT2D eigenvalue weighted by molar-refractivity contribution is 8.01. The van der Waals surface area contributed by atoms with Crippen LogP contribution in [0.1, 0.15) is 27.0 Å². The number of benzene rings is 3. The van der Waals surface area contributed by atoms with Gasteiger partial charge in [-0.1, -0.05) is 18.2 Å². The van der Waals surface area contributed by atoms with Crippen molar-refractivity contribution >= 4 is 29.3 Å². The summed E-state index contributed by atoms with van der Waals surface area (Å²) in [5.74, 6) is 0.947. The fourth-order valence-electron chi connectivity index (χ4n) is 4.77. The summed E-state index contributed by atoms with van der Waals surface area (Å²) in [5.41, 5.74) is 1.37. The van der Waals surface area contributed by atoms with E-state index in [1.165, 1.54) is 43.0 Å². The Kier molecular flexibility index (Phi) is 6.31. The summed E-state index contributed by atoms with van der Waals surface area (Å²) in [6, 6.07) is 16.7. The van der Waals surface area contributed by atoms with Crippen LogP contribution in [-0.2, 0) is 22.4 Å². The maximum Gasteiger partial charge on any atom is 0.416 e. The Morgan fingerprint density at radius 1 is 1.00 bits per heavy atom. The van der Waals surface area contributed by atoms with Crippen molar-refractivity contribution in [3.63, 3.8) is 0 Å². The molecule has 0 unspecified atom stereocenters. The standard InChI is InChI=1S/C27H23F3N2O4S/c1-35-20-5-3-4-18(14-20)24(33)32-12-13-37-26(32)22-15-21(36-2)10-11-23(22)31(25(26)34)16-17-6-8-19(9-7-17)27(28,29)30/h3-11,14-15H,12-13,16H2,1-2H3/t26-/m1/s1. The molecule has 3 aromatic rings. The average Bonchev–Trinajstić information content (AvgIpc) is 3.44. The Morgan fingerprint density at radius 3 is 2.38 bits per heavy atom. The Hall–Kier alpha value is -3.66. The van der Waals surface area contributed by atoms with Crippen molar-refractivity contribution in [1.29, 1.82) is 0 Å². The lowest BCUT2D eigenvalue weighted by atomic mass is 10.0. The van der Waals surface area contributed by atoms with Gasteiger partial charge in [0.2, 0.25) is 0 Å². The highest BCUT2D eigenvalue weighted by Gasteiger charge is 2.59. The van der Waals surface area contributed by atoms with E-state index in [2.05, 4.69) is 0 Å². The molecule has 6 nitrogen and oxygen atoms in total. The Balaban J connectivity index is 1.55. The van der Waals surface area contributed by atoms with Crippen LogP contribution in [-0.4, -0.2) is 43.2 Å². The fourth-order valence-corrected chi connectivity index (χ4v) is 6.22. The molecule has 10 heteroatoms. The number of carbonyl (C=O) groups excluding carboxylic acids is 2. The van der Waals surface area contributed by atoms with Gasteiger partial charge in [-0.25, -0.2) is 0 Å². The molecule has 192 valence electrons. The largest absolute Gasteiger partial charge is 0.497 e. The molecule has 1 saturated heterocycles. The van der Waals surface area contributed by atoms with E-state index in [4.69, 9.17) is 9.47 Å². The lowest BCUT2D eigenvalue weighted by Crippen LogP contribution is -2.50. The van der Waals surface area contributed by atoms with Crippen molar-refractivity contribution in [2.45, 2.75) is 17.6 Å². The molecule has 0 aliphatic carbocycles. The molecule has 0 bridgehead atoms. The summed E-state index contributed by atoms with van der Waals surface area (Å²) in [6.07, 6.45) is -4.45. The Morgan fingerprint density at radius 2 is 1.70 bits per heavy atom. The molecule has 37 heavy (non-hydrogen) atoms. The van der Waals surface area contributed by atoms with Crippen LogP contribution in [0.15, 0.2) is 66.7 Å². The van der Waals surface area contributed by atoms with Crippen LogP contribution in [0.3, 0.4) is 0 Å². The van der Waals surface area contributed by atoms with Crippen molar-refractivity contribution in [2.75, 3.05) is 31.4 Å². The first kappa shape index (κ1) is 25.0. The highest BCUT2D eigenvalue weighted by Crippen LogP contribution is 2.55. The molecule has 0 N–H and O–H groups in total. The minimum Gasteiger partial charge on any atom is -0.497 e. The third-order valence-corrected chi connectivity index (χ3v) is 8.00. The van der Waals surface area contributed by atoms with Gasteiger partial charge < -0.3 is 19.3 Å². The number of anilines is 1. The second-order valence-corrected chi connectivity index (χ2v) is 9.94. The Bertz CT molecular complexity index is 1360. The number of hydrogen-bond donors (Lipinski definition) is 0. The summed E-state index contributed by atoms with van der Waals surface area (Å²) in [5, 5.41) is 0. The average molecular weight is 529 g/mol. The normalized spacial score (nSPS) is 18.9. The number of thioether (sulfide) groups is 1. The predicted octanol–water partition coefficient (Wildman–Crippen LogP) is 5.31. The van der Waals surface area contributed by atoms with Gasteiger partial charge in [-0.3, -0.25) is 9.59 Å². The van der Waals surface area contributed by atoms with Crippen molar-refractivity contribution in [3.8, 4) is 11.5 Å². The maximum absolute atomic E-state index is 14.2. The molecule has 2 aliphatic rings. The van der Waals surface area contributed by atoms with Gasteiger partial charge in [-0.2, -0.15) is 13.2 Å². The van der Waals surface area contributed by atoms with E-state index in [1.54, 1.807) is 47.4 Å². The van der Waals surface area contributed by atoms with Crippen LogP contribution >= 0.6 is 11.8 Å². The first-order chi connectivity index (χ1) is 17.7. The van der Waals surface area contributed by atoms with Crippen molar-refractivity contribution in [3.05, 3.63) is 89.0 Å². The number of fused-ring (bicyclic) bond motifs is 2. The summed E-state index contributed by atoms with van der Waals surface area (Å²) >= 11 is 1.36. The second-order valence-electron chi connectivity index (χ2n) is 8.65. The quantitative estimate of drug-likeness (QED) is 0.449. The number of rotatable bonds is 5. The van der Waals surface area contributed by atoms with Gasteiger partial charge in [0.1, 0.15) is 11.5 Å². The molecular formula is C27H23F3N2O4S. The summed E-state index contributed by atoms with van der Waals surface area (Å²) in [6.45, 7) is 0.400. The van der Waals surface area contributed by atoms with Crippen molar-refractivity contribution in [1.82, 2.24) is 4.90 Å². The number of ether oxygens (including phenoxy) is 2. The summed E-state index contributed by atoms with van der Waals surface area (Å²) < 4.78 is 49.8. The van der Waals surface area contributed by atoms with Crippen LogP contribution < -0.4 is 14.4 Å². The molecule has 2 amide bonds. The third-order valence-electron chi connectivity index (χ3n) is 6.58. The summed E-state index contributed by atoms with van der Waals surface area (Å²) in [4.78, 5) is 29.7. The number of halogens is 3. The van der Waals surface area contributed by atoms with E-state index in [-0.39, 0.29) is 18.4 Å². The first-order valence-corrected chi connectivity index (χ1v) is 12.4. The van der Waals surface area contributed by atoms with Crippen molar-refractivity contribution in [2.24, 2.45) is 0 Å². The van der Waals surface area contributed by atoms with E-state index in [9.17, 15) is 22.8 Å². The zero-order chi connectivity index (χ0) is 26.4. The zero-order valence-corrected chi connectivity index (χ0v) is 20.9. The topological polar surface area (TPSA) is 59.1 Å². The molecule has 1 fully saturated rings. The number of hydrogen-bond acceptors (Lipinski definition) is 5. The van der Waals surface area contributed by atoms with Crippen molar-refractivity contribution < 1.29 is 32.2 Å². The molecule has 3 aromatic carbocycles. The SMILES string of the molecule is COc1cccc(C(=O)N2CCS[C@]23C(=O)N(Cc2ccc(C(F)(F)F)cc2)c2ccc(OC)cc23)c1. The van der Waals surface area contributed by atoms with E-state index in [1.807, 2.05) is 0 Å². The fraction of sp³-hybridized carbons (Fsp3) is 0.259. The van der Waals surface area contributed by atoms with E-state index < -0.39 is 16.6 Å². The number of nitrogens with zero attached hydrogens (tertiary/aromatic N) is 2. The number of methoxy groups -OCH3 is 2. The van der Waals surface area contributed by atoms with E-state index in [0.717, 1.165) is 12.1 Å². The Labute approximate surface area is 216 Å². The van der Waals surface area contributed by atoms with Gasteiger partial charge in [0.15, 0.2) is 4.87 Å². The van der Waals surface area contributed by atoms with Crippen LogP contribution in [0.5, 0.6) is 11.5 Å². The van der Waals surface area contributed by atoms with Crippen LogP contribution in [0.4, 0.5) is 18.9 Å². The minimum absolute atomic E-state index is 0.0554. The van der Waals surface area contributed by atoms with Gasteiger partial charge in [-0.05, 0) is 54.1 Å². The van der Waals surface area contributed by atoms with Crippen LogP contribution in [0, 0.1) is 0 Å². The number of carbonyl (C=O) groups is 2. The van der Waals surface area contributed by atoms with Crippen LogP contribution in [0.2, 0.25) is 0 Å². The van der Waals surface area contributed by atoms with Crippen LogP contribution in [0.25, 0.3) is 0 Å². The molecule has 5 rings (SSSR count). The third kappa shape index (κ3) is 4.19. The molecule has 0 aromatic heterocycles. The molecule has 0 radical (unpaired) electrons. The monoisotopic (exact) mass is 528 g/mol. The molecular weight excluding hydrogens is 505 g/mol. The molecule has 0 saturated carbocycles. The first-order valence-electron chi connectivity index (χ1n) is 11.5. The molecule has 1 spiro atoms. The number of alkyl halides is 3. The van der Waals surface area contributed by atoms with Gasteiger partial charge in [0.05, 0.1) is 32.0 Å². The predicted molar refractivity (Wildman–Crippen MR) is 134 cm³/mol. The smallest absolute Gasteiger partial charge is 0.416 e. The molecule has 2 aliphatic heterocycles. The highest BCUT2D eigenvalue weighted by atomic mass is 32.2. The van der Waals surface area contributed by atoms with E-state index in [0.29, 0.717) is 46.2 Å². The number of amides is 2. The summed E-state index contributed by atoms with van der Waals surface area (Å²) in [7, 11) is 3.03. The second kappa shape index (κ2) is 9.33. The lowest BCUT2D eigenvalue weighted by molar-refractivity contribution is -0.137. The van der Waals surface area contributed by atoms with Gasteiger partial charge in [0, 0.05) is 23.4 Å². The molecule has 1 atom stereocenters. The maximum atomic E-state index is 14.2. The lowest BCUT2D eigenvalue weighted by Gasteiger charge is -2.33. The van der Waals surface area contributed by atoms with E-state index >= 15 is 0 Å². The zero-order valence-electron chi connectivity index (χ0n) is 20.0. The molecule has 2 heterocycles.